The van der Waals surface area contributed by atoms with Gasteiger partial charge in [0.25, 0.3) is 5.91 Å². The van der Waals surface area contributed by atoms with Gasteiger partial charge < -0.3 is 15.5 Å². The summed E-state index contributed by atoms with van der Waals surface area (Å²) in [5, 5.41) is 7.03. The van der Waals surface area contributed by atoms with E-state index in [1.807, 2.05) is 0 Å². The number of pyridine rings is 1. The van der Waals surface area contributed by atoms with Gasteiger partial charge in [-0.2, -0.15) is 0 Å². The molecule has 2 unspecified atom stereocenters. The molecular formula is C26H29FN4O2. The van der Waals surface area contributed by atoms with Gasteiger partial charge in [0.1, 0.15) is 5.82 Å². The summed E-state index contributed by atoms with van der Waals surface area (Å²) in [4.78, 5) is 31.9. The van der Waals surface area contributed by atoms with Crippen LogP contribution >= 0.6 is 0 Å². The van der Waals surface area contributed by atoms with Gasteiger partial charge in [0.05, 0.1) is 12.1 Å². The van der Waals surface area contributed by atoms with Crippen LogP contribution in [-0.2, 0) is 17.9 Å². The monoisotopic (exact) mass is 448 g/mol. The molecule has 2 amide bonds. The summed E-state index contributed by atoms with van der Waals surface area (Å²) in [5.41, 5.74) is 2.19. The van der Waals surface area contributed by atoms with Crippen LogP contribution in [0.3, 0.4) is 0 Å². The largest absolute Gasteiger partial charge is 0.346 e. The van der Waals surface area contributed by atoms with Gasteiger partial charge in [-0.1, -0.05) is 6.07 Å². The molecule has 4 aliphatic carbocycles. The lowest BCUT2D eigenvalue weighted by Crippen LogP contribution is -2.69. The van der Waals surface area contributed by atoms with Gasteiger partial charge in [-0.25, -0.2) is 4.39 Å². The van der Waals surface area contributed by atoms with E-state index in [2.05, 4.69) is 15.6 Å². The second-order valence-corrected chi connectivity index (χ2v) is 10.7. The standard InChI is InChI=1S/C26H29FN4O2/c27-22-4-3-20-14-31(15-21(20)7-22)23(32)13-29-25-8-17-6-18(9-25)11-26(10-17,16-25)30-24(33)19-2-1-5-28-12-19/h1-5,7,12,17-18,29H,6,8-11,13-16H2,(H,30,33)/t17-,18+,25?,26?. The van der Waals surface area contributed by atoms with Crippen molar-refractivity contribution in [2.75, 3.05) is 6.54 Å². The van der Waals surface area contributed by atoms with Gasteiger partial charge in [-0.3, -0.25) is 14.6 Å². The fraction of sp³-hybridized carbons (Fsp3) is 0.500. The molecule has 4 saturated carbocycles. The quantitative estimate of drug-likeness (QED) is 0.737. The Morgan fingerprint density at radius 2 is 1.82 bits per heavy atom. The first-order chi connectivity index (χ1) is 15.9. The Labute approximate surface area is 193 Å². The molecule has 172 valence electrons. The summed E-state index contributed by atoms with van der Waals surface area (Å²) in [6, 6.07) is 8.35. The minimum absolute atomic E-state index is 0.0517. The second kappa shape index (κ2) is 7.62. The van der Waals surface area contributed by atoms with E-state index in [1.165, 1.54) is 18.6 Å². The zero-order chi connectivity index (χ0) is 22.6. The number of aromatic nitrogens is 1. The first-order valence-corrected chi connectivity index (χ1v) is 11.9. The van der Waals surface area contributed by atoms with Crippen molar-refractivity contribution in [2.45, 2.75) is 62.7 Å². The molecule has 1 aromatic carbocycles. The number of nitrogens with zero attached hydrogens (tertiary/aromatic N) is 2. The molecule has 2 N–H and O–H groups in total. The normalized spacial score (nSPS) is 31.5. The molecule has 4 bridgehead atoms. The Balaban J connectivity index is 1.14. The fourth-order valence-electron chi connectivity index (χ4n) is 7.34. The Kier molecular flexibility index (Phi) is 4.80. The molecule has 33 heavy (non-hydrogen) atoms. The van der Waals surface area contributed by atoms with Crippen LogP contribution in [0.15, 0.2) is 42.7 Å². The lowest BCUT2D eigenvalue weighted by Gasteiger charge is -2.62. The number of carbonyl (C=O) groups is 2. The Morgan fingerprint density at radius 1 is 1.06 bits per heavy atom. The molecule has 7 heteroatoms. The second-order valence-electron chi connectivity index (χ2n) is 10.7. The summed E-state index contributed by atoms with van der Waals surface area (Å²) < 4.78 is 13.5. The number of fused-ring (bicyclic) bond motifs is 1. The summed E-state index contributed by atoms with van der Waals surface area (Å²) in [6.45, 7) is 1.29. The predicted molar refractivity (Wildman–Crippen MR) is 121 cm³/mol. The molecule has 0 spiro atoms. The molecule has 7 rings (SSSR count). The summed E-state index contributed by atoms with van der Waals surface area (Å²) >= 11 is 0. The van der Waals surface area contributed by atoms with E-state index in [1.54, 1.807) is 35.5 Å². The van der Waals surface area contributed by atoms with Crippen LogP contribution in [0.25, 0.3) is 0 Å². The maximum absolute atomic E-state index is 13.5. The highest BCUT2D eigenvalue weighted by molar-refractivity contribution is 5.94. The van der Waals surface area contributed by atoms with Gasteiger partial charge in [-0.05, 0) is 85.8 Å². The van der Waals surface area contributed by atoms with Crippen molar-refractivity contribution < 1.29 is 14.0 Å². The van der Waals surface area contributed by atoms with E-state index in [4.69, 9.17) is 0 Å². The summed E-state index contributed by atoms with van der Waals surface area (Å²) in [5.74, 6) is 0.881. The molecule has 0 radical (unpaired) electrons. The van der Waals surface area contributed by atoms with Crippen molar-refractivity contribution in [3.05, 3.63) is 65.2 Å². The van der Waals surface area contributed by atoms with Gasteiger partial charge in [-0.15, -0.1) is 0 Å². The van der Waals surface area contributed by atoms with Crippen LogP contribution in [0.4, 0.5) is 4.39 Å². The number of amides is 2. The maximum Gasteiger partial charge on any atom is 0.253 e. The van der Waals surface area contributed by atoms with Gasteiger partial charge in [0.2, 0.25) is 5.91 Å². The van der Waals surface area contributed by atoms with E-state index < -0.39 is 0 Å². The van der Waals surface area contributed by atoms with Gasteiger partial charge in [0, 0.05) is 36.6 Å². The first kappa shape index (κ1) is 20.8. The third kappa shape index (κ3) is 3.82. The zero-order valence-electron chi connectivity index (χ0n) is 18.6. The lowest BCUT2D eigenvalue weighted by molar-refractivity contribution is -0.132. The molecular weight excluding hydrogens is 419 g/mol. The van der Waals surface area contributed by atoms with Gasteiger partial charge in [0.15, 0.2) is 0 Å². The molecule has 2 heterocycles. The predicted octanol–water partition coefficient (Wildman–Crippen LogP) is 3.17. The Morgan fingerprint density at radius 3 is 2.58 bits per heavy atom. The lowest BCUT2D eigenvalue weighted by atomic mass is 9.50. The average Bonchev–Trinajstić information content (AvgIpc) is 3.20. The Hall–Kier alpha value is -2.80. The van der Waals surface area contributed by atoms with Crippen LogP contribution in [0.5, 0.6) is 0 Å². The number of halogens is 1. The third-order valence-electron chi connectivity index (χ3n) is 8.22. The third-order valence-corrected chi connectivity index (χ3v) is 8.22. The van der Waals surface area contributed by atoms with Crippen molar-refractivity contribution in [3.8, 4) is 0 Å². The smallest absolute Gasteiger partial charge is 0.253 e. The van der Waals surface area contributed by atoms with Crippen LogP contribution < -0.4 is 10.6 Å². The minimum Gasteiger partial charge on any atom is -0.346 e. The summed E-state index contributed by atoms with van der Waals surface area (Å²) in [7, 11) is 0. The van der Waals surface area contributed by atoms with Gasteiger partial charge >= 0.3 is 0 Å². The van der Waals surface area contributed by atoms with Crippen molar-refractivity contribution in [2.24, 2.45) is 11.8 Å². The fourth-order valence-corrected chi connectivity index (χ4v) is 7.34. The SMILES string of the molecule is O=C(NC12C[C@@H]3C[C@@H](CC(NCC(=O)N4Cc5ccc(F)cc5C4)(C3)C1)C2)c1cccnc1. The first-order valence-electron chi connectivity index (χ1n) is 11.9. The van der Waals surface area contributed by atoms with Crippen LogP contribution in [0.1, 0.15) is 60.0 Å². The van der Waals surface area contributed by atoms with Crippen LogP contribution in [-0.4, -0.2) is 39.3 Å². The molecule has 4 atom stereocenters. The number of hydrogen-bond donors (Lipinski definition) is 2. The van der Waals surface area contributed by atoms with E-state index in [-0.39, 0.29) is 35.3 Å². The molecule has 2 aromatic rings. The highest BCUT2D eigenvalue weighted by Crippen LogP contribution is 2.57. The topological polar surface area (TPSA) is 74.3 Å². The number of hydrogen-bond acceptors (Lipinski definition) is 4. The Bertz CT molecular complexity index is 1090. The molecule has 4 fully saturated rings. The van der Waals surface area contributed by atoms with Crippen molar-refractivity contribution in [1.82, 2.24) is 20.5 Å². The van der Waals surface area contributed by atoms with E-state index >= 15 is 0 Å². The highest BCUT2D eigenvalue weighted by Gasteiger charge is 2.58. The number of benzene rings is 1. The molecule has 6 nitrogen and oxygen atoms in total. The minimum atomic E-state index is -0.256. The molecule has 1 aliphatic heterocycles. The van der Waals surface area contributed by atoms with Crippen molar-refractivity contribution >= 4 is 11.8 Å². The van der Waals surface area contributed by atoms with Crippen molar-refractivity contribution in [1.29, 1.82) is 0 Å². The zero-order valence-corrected chi connectivity index (χ0v) is 18.6. The number of nitrogens with one attached hydrogen (secondary N) is 2. The average molecular weight is 449 g/mol. The highest BCUT2D eigenvalue weighted by atomic mass is 19.1. The summed E-state index contributed by atoms with van der Waals surface area (Å²) in [6.07, 6.45) is 9.51. The molecule has 5 aliphatic rings. The number of carbonyl (C=O) groups excluding carboxylic acids is 2. The van der Waals surface area contributed by atoms with Crippen molar-refractivity contribution in [3.63, 3.8) is 0 Å². The maximum atomic E-state index is 13.5. The van der Waals surface area contributed by atoms with Crippen LogP contribution in [0.2, 0.25) is 0 Å². The number of rotatable bonds is 5. The molecule has 0 saturated heterocycles. The van der Waals surface area contributed by atoms with E-state index in [9.17, 15) is 14.0 Å². The van der Waals surface area contributed by atoms with E-state index in [0.717, 1.165) is 43.2 Å². The van der Waals surface area contributed by atoms with E-state index in [0.29, 0.717) is 30.5 Å². The molecule has 1 aromatic heterocycles. The van der Waals surface area contributed by atoms with Crippen LogP contribution in [0, 0.1) is 17.7 Å².